The fourth-order valence-electron chi connectivity index (χ4n) is 4.31. The van der Waals surface area contributed by atoms with E-state index in [-0.39, 0.29) is 11.9 Å². The van der Waals surface area contributed by atoms with Crippen LogP contribution in [0.1, 0.15) is 22.3 Å². The molecule has 5 rings (SSSR count). The highest BCUT2D eigenvalue weighted by atomic mass is 16.5. The van der Waals surface area contributed by atoms with E-state index in [4.69, 9.17) is 14.2 Å². The lowest BCUT2D eigenvalue weighted by Gasteiger charge is -2.24. The summed E-state index contributed by atoms with van der Waals surface area (Å²) in [4.78, 5) is 12.5. The van der Waals surface area contributed by atoms with Crippen LogP contribution in [-0.4, -0.2) is 19.7 Å². The molecule has 1 heterocycles. The summed E-state index contributed by atoms with van der Waals surface area (Å²) in [7, 11) is 1.63. The van der Waals surface area contributed by atoms with Crippen molar-refractivity contribution >= 4 is 11.5 Å². The third kappa shape index (κ3) is 3.24. The molecule has 1 aliphatic carbocycles. The molecule has 30 heavy (non-hydrogen) atoms. The van der Waals surface area contributed by atoms with Gasteiger partial charge >= 0.3 is 5.97 Å². The minimum absolute atomic E-state index is 0.0994. The summed E-state index contributed by atoms with van der Waals surface area (Å²) < 4.78 is 17.0. The summed E-state index contributed by atoms with van der Waals surface area (Å²) in [5.41, 5.74) is 6.06. The average molecular weight is 398 g/mol. The van der Waals surface area contributed by atoms with Crippen LogP contribution in [0.5, 0.6) is 11.5 Å². The van der Waals surface area contributed by atoms with Crippen LogP contribution in [0.3, 0.4) is 0 Å². The number of carbonyl (C=O) groups is 1. The average Bonchev–Trinajstić information content (AvgIpc) is 3.17. The maximum absolute atomic E-state index is 12.5. The summed E-state index contributed by atoms with van der Waals surface area (Å²) in [6.07, 6.45) is 0.830. The molecule has 0 N–H and O–H groups in total. The van der Waals surface area contributed by atoms with Gasteiger partial charge in [0.15, 0.2) is 11.5 Å². The van der Waals surface area contributed by atoms with E-state index in [0.29, 0.717) is 24.7 Å². The molecule has 2 aliphatic rings. The predicted octanol–water partition coefficient (Wildman–Crippen LogP) is 4.81. The third-order valence-electron chi connectivity index (χ3n) is 5.76. The summed E-state index contributed by atoms with van der Waals surface area (Å²) in [5, 5.41) is 0. The highest BCUT2D eigenvalue weighted by molar-refractivity contribution is 6.05. The number of rotatable bonds is 5. The molecule has 0 amide bonds. The van der Waals surface area contributed by atoms with Crippen molar-refractivity contribution < 1.29 is 19.0 Å². The van der Waals surface area contributed by atoms with Crippen molar-refractivity contribution in [1.82, 2.24) is 0 Å². The van der Waals surface area contributed by atoms with Gasteiger partial charge in [-0.3, -0.25) is 0 Å². The van der Waals surface area contributed by atoms with Crippen LogP contribution in [0, 0.1) is 5.92 Å². The molecule has 0 bridgehead atoms. The van der Waals surface area contributed by atoms with Crippen molar-refractivity contribution in [2.24, 2.45) is 5.92 Å². The minimum Gasteiger partial charge on any atom is -0.493 e. The lowest BCUT2D eigenvalue weighted by molar-refractivity contribution is -0.135. The summed E-state index contributed by atoms with van der Waals surface area (Å²) in [5.74, 6) is 1.20. The Balaban J connectivity index is 1.54. The predicted molar refractivity (Wildman–Crippen MR) is 114 cm³/mol. The van der Waals surface area contributed by atoms with E-state index in [2.05, 4.69) is 12.1 Å². The molecule has 0 radical (unpaired) electrons. The van der Waals surface area contributed by atoms with Gasteiger partial charge in [-0.15, -0.1) is 0 Å². The summed E-state index contributed by atoms with van der Waals surface area (Å²) in [6, 6.07) is 24.1. The highest BCUT2D eigenvalue weighted by Crippen LogP contribution is 2.43. The van der Waals surface area contributed by atoms with Gasteiger partial charge in [-0.05, 0) is 40.8 Å². The molecule has 1 saturated heterocycles. The lowest BCUT2D eigenvalue weighted by Crippen LogP contribution is -2.17. The molecule has 3 aromatic rings. The van der Waals surface area contributed by atoms with Crippen molar-refractivity contribution in [3.63, 3.8) is 0 Å². The lowest BCUT2D eigenvalue weighted by atomic mass is 9.77. The zero-order chi connectivity index (χ0) is 20.5. The Morgan fingerprint density at radius 3 is 2.60 bits per heavy atom. The molecular formula is C26H22O4. The van der Waals surface area contributed by atoms with Gasteiger partial charge in [0.25, 0.3) is 0 Å². The van der Waals surface area contributed by atoms with Crippen LogP contribution < -0.4 is 9.47 Å². The second kappa shape index (κ2) is 7.71. The number of carbonyl (C=O) groups excluding carboxylic acids is 1. The van der Waals surface area contributed by atoms with Crippen LogP contribution in [-0.2, 0) is 22.6 Å². The Morgan fingerprint density at radius 1 is 0.967 bits per heavy atom. The van der Waals surface area contributed by atoms with Crippen molar-refractivity contribution in [2.75, 3.05) is 13.7 Å². The van der Waals surface area contributed by atoms with Crippen molar-refractivity contribution in [3.8, 4) is 11.5 Å². The molecule has 1 aliphatic heterocycles. The second-order valence-corrected chi connectivity index (χ2v) is 7.59. The van der Waals surface area contributed by atoms with E-state index < -0.39 is 0 Å². The van der Waals surface area contributed by atoms with Gasteiger partial charge in [-0.1, -0.05) is 60.7 Å². The molecule has 0 unspecified atom stereocenters. The minimum atomic E-state index is -0.215. The van der Waals surface area contributed by atoms with Gasteiger partial charge in [0.2, 0.25) is 0 Å². The number of esters is 1. The first-order valence-electron chi connectivity index (χ1n) is 10.1. The van der Waals surface area contributed by atoms with Crippen LogP contribution in [0.2, 0.25) is 0 Å². The molecule has 1 fully saturated rings. The Kier molecular flexibility index (Phi) is 4.75. The van der Waals surface area contributed by atoms with E-state index in [0.717, 1.165) is 34.3 Å². The normalized spacial score (nSPS) is 17.2. The second-order valence-electron chi connectivity index (χ2n) is 7.59. The molecule has 1 atom stereocenters. The fraction of sp³-hybridized carbons (Fsp3) is 0.192. The van der Waals surface area contributed by atoms with Gasteiger partial charge in [0.05, 0.1) is 19.3 Å². The van der Waals surface area contributed by atoms with E-state index in [1.165, 1.54) is 5.56 Å². The standard InChI is InChI=1S/C26H22O4/c1-28-23-14-19(11-12-22(23)29-15-17-7-3-2-4-8-17)24-21-10-6-5-9-18(21)13-20-16-30-26(27)25(20)24/h2-12,14,20H,13,15-16H2,1H3/t20-/m0/s1. The number of hydrogen-bond acceptors (Lipinski definition) is 4. The molecule has 3 aromatic carbocycles. The van der Waals surface area contributed by atoms with E-state index in [1.807, 2.05) is 60.7 Å². The van der Waals surface area contributed by atoms with E-state index in [9.17, 15) is 4.79 Å². The van der Waals surface area contributed by atoms with Crippen LogP contribution in [0.25, 0.3) is 5.57 Å². The summed E-state index contributed by atoms with van der Waals surface area (Å²) >= 11 is 0. The number of fused-ring (bicyclic) bond motifs is 2. The highest BCUT2D eigenvalue weighted by Gasteiger charge is 2.38. The Hall–Kier alpha value is -3.53. The first-order chi connectivity index (χ1) is 14.7. The molecule has 0 saturated carbocycles. The maximum atomic E-state index is 12.5. The maximum Gasteiger partial charge on any atom is 0.335 e. The number of cyclic esters (lactones) is 1. The molecule has 4 nitrogen and oxygen atoms in total. The Morgan fingerprint density at radius 2 is 1.77 bits per heavy atom. The topological polar surface area (TPSA) is 44.8 Å². The van der Waals surface area contributed by atoms with Gasteiger partial charge in [0.1, 0.15) is 6.61 Å². The van der Waals surface area contributed by atoms with Gasteiger partial charge in [-0.25, -0.2) is 4.79 Å². The molecule has 150 valence electrons. The largest absolute Gasteiger partial charge is 0.493 e. The van der Waals surface area contributed by atoms with E-state index >= 15 is 0 Å². The number of methoxy groups -OCH3 is 1. The van der Waals surface area contributed by atoms with Crippen LogP contribution in [0.15, 0.2) is 78.4 Å². The molecule has 0 spiro atoms. The Bertz CT molecular complexity index is 1130. The van der Waals surface area contributed by atoms with Crippen molar-refractivity contribution in [2.45, 2.75) is 13.0 Å². The van der Waals surface area contributed by atoms with Gasteiger partial charge in [-0.2, -0.15) is 0 Å². The van der Waals surface area contributed by atoms with Gasteiger partial charge < -0.3 is 14.2 Å². The van der Waals surface area contributed by atoms with Crippen LogP contribution >= 0.6 is 0 Å². The Labute approximate surface area is 175 Å². The molecule has 0 aromatic heterocycles. The number of hydrogen-bond donors (Lipinski definition) is 0. The fourth-order valence-corrected chi connectivity index (χ4v) is 4.31. The third-order valence-corrected chi connectivity index (χ3v) is 5.76. The monoisotopic (exact) mass is 398 g/mol. The molecular weight excluding hydrogens is 376 g/mol. The summed E-state index contributed by atoms with van der Waals surface area (Å²) in [6.45, 7) is 0.906. The van der Waals surface area contributed by atoms with E-state index in [1.54, 1.807) is 7.11 Å². The number of benzene rings is 3. The first-order valence-corrected chi connectivity index (χ1v) is 10.1. The molecule has 4 heteroatoms. The van der Waals surface area contributed by atoms with Crippen molar-refractivity contribution in [1.29, 1.82) is 0 Å². The zero-order valence-electron chi connectivity index (χ0n) is 16.8. The first kappa shape index (κ1) is 18.5. The van der Waals surface area contributed by atoms with Crippen molar-refractivity contribution in [3.05, 3.63) is 101 Å². The smallest absolute Gasteiger partial charge is 0.335 e. The SMILES string of the molecule is COc1cc(C2=C3C(=O)OC[C@@H]3Cc3ccccc32)ccc1OCc1ccccc1. The van der Waals surface area contributed by atoms with Crippen LogP contribution in [0.4, 0.5) is 0 Å². The zero-order valence-corrected chi connectivity index (χ0v) is 16.8. The number of ether oxygens (including phenoxy) is 3. The quantitative estimate of drug-likeness (QED) is 0.579. The van der Waals surface area contributed by atoms with Gasteiger partial charge in [0, 0.05) is 11.5 Å².